The van der Waals surface area contributed by atoms with Crippen molar-refractivity contribution in [1.82, 2.24) is 10.6 Å². The zero-order chi connectivity index (χ0) is 15.9. The molecule has 0 aromatic heterocycles. The van der Waals surface area contributed by atoms with E-state index in [1.807, 2.05) is 32.2 Å². The van der Waals surface area contributed by atoms with E-state index in [0.29, 0.717) is 18.0 Å². The highest BCUT2D eigenvalue weighted by Crippen LogP contribution is 2.35. The number of nitrogens with one attached hydrogen (secondary N) is 2. The van der Waals surface area contributed by atoms with Gasteiger partial charge in [-0.2, -0.15) is 0 Å². The van der Waals surface area contributed by atoms with E-state index in [0.717, 1.165) is 17.7 Å². The van der Waals surface area contributed by atoms with E-state index < -0.39 is 5.97 Å². The third kappa shape index (κ3) is 4.14. The first-order valence-corrected chi connectivity index (χ1v) is 7.35. The van der Waals surface area contributed by atoms with Crippen molar-refractivity contribution >= 4 is 5.97 Å². The first-order valence-electron chi connectivity index (χ1n) is 7.35. The monoisotopic (exact) mass is 306 g/mol. The fourth-order valence-electron chi connectivity index (χ4n) is 2.40. The highest BCUT2D eigenvalue weighted by atomic mass is 16.7. The number of carboxylic acid groups (broad SMARTS) is 1. The molecule has 1 aromatic carbocycles. The average Bonchev–Trinajstić information content (AvgIpc) is 2.94. The minimum atomic E-state index is -0.851. The molecule has 0 bridgehead atoms. The number of hydrogen-bond donors (Lipinski definition) is 3. The SMILES string of the molecule is CC/C=C(\CNC)NC(CC(=O)O)c1ccc2c(c1)OCO2. The lowest BCUT2D eigenvalue weighted by Crippen LogP contribution is -2.28. The van der Waals surface area contributed by atoms with Gasteiger partial charge in [-0.3, -0.25) is 4.79 Å². The minimum absolute atomic E-state index is 0.00951. The van der Waals surface area contributed by atoms with Crippen LogP contribution in [0.4, 0.5) is 0 Å². The number of ether oxygens (including phenoxy) is 2. The van der Waals surface area contributed by atoms with E-state index in [1.165, 1.54) is 0 Å². The molecule has 1 aliphatic rings. The number of rotatable bonds is 8. The number of carboxylic acids is 1. The zero-order valence-corrected chi connectivity index (χ0v) is 12.9. The van der Waals surface area contributed by atoms with Crippen LogP contribution in [0.15, 0.2) is 30.0 Å². The standard InChI is InChI=1S/C16H22N2O4/c1-3-4-12(9-17-2)18-13(8-16(19)20)11-5-6-14-15(7-11)22-10-21-14/h4-7,13,17-18H,3,8-10H2,1-2H3,(H,19,20)/b12-4+. The lowest BCUT2D eigenvalue weighted by Gasteiger charge is -2.21. The van der Waals surface area contributed by atoms with Gasteiger partial charge in [0.25, 0.3) is 0 Å². The van der Waals surface area contributed by atoms with Gasteiger partial charge in [0.1, 0.15) is 0 Å². The highest BCUT2D eigenvalue weighted by molar-refractivity contribution is 5.68. The lowest BCUT2D eigenvalue weighted by molar-refractivity contribution is -0.137. The Morgan fingerprint density at radius 3 is 2.86 bits per heavy atom. The topological polar surface area (TPSA) is 79.8 Å². The fraction of sp³-hybridized carbons (Fsp3) is 0.438. The summed E-state index contributed by atoms with van der Waals surface area (Å²) in [6, 6.07) is 5.21. The number of aliphatic carboxylic acids is 1. The maximum atomic E-state index is 11.2. The van der Waals surface area contributed by atoms with Crippen molar-refractivity contribution in [2.24, 2.45) is 0 Å². The molecule has 6 heteroatoms. The van der Waals surface area contributed by atoms with E-state index in [-0.39, 0.29) is 19.3 Å². The molecule has 0 fully saturated rings. The van der Waals surface area contributed by atoms with Crippen LogP contribution in [0.25, 0.3) is 0 Å². The second-order valence-electron chi connectivity index (χ2n) is 5.08. The van der Waals surface area contributed by atoms with E-state index in [4.69, 9.17) is 9.47 Å². The normalized spacial score (nSPS) is 14.7. The minimum Gasteiger partial charge on any atom is -0.481 e. The molecule has 1 aliphatic heterocycles. The molecule has 0 aliphatic carbocycles. The van der Waals surface area contributed by atoms with E-state index in [9.17, 15) is 9.90 Å². The van der Waals surface area contributed by atoms with E-state index >= 15 is 0 Å². The molecule has 2 rings (SSSR count). The van der Waals surface area contributed by atoms with E-state index in [2.05, 4.69) is 16.7 Å². The third-order valence-corrected chi connectivity index (χ3v) is 3.36. The molecular formula is C16H22N2O4. The molecule has 120 valence electrons. The van der Waals surface area contributed by atoms with Crippen LogP contribution >= 0.6 is 0 Å². The predicted octanol–water partition coefficient (Wildman–Crippen LogP) is 2.03. The smallest absolute Gasteiger partial charge is 0.305 e. The highest BCUT2D eigenvalue weighted by Gasteiger charge is 2.20. The molecule has 1 heterocycles. The van der Waals surface area contributed by atoms with E-state index in [1.54, 1.807) is 0 Å². The predicted molar refractivity (Wildman–Crippen MR) is 83.0 cm³/mol. The molecule has 0 amide bonds. The molecule has 1 unspecified atom stereocenters. The lowest BCUT2D eigenvalue weighted by atomic mass is 10.0. The van der Waals surface area contributed by atoms with Crippen LogP contribution in [0.5, 0.6) is 11.5 Å². The summed E-state index contributed by atoms with van der Waals surface area (Å²) in [5.41, 5.74) is 1.85. The summed E-state index contributed by atoms with van der Waals surface area (Å²) in [7, 11) is 1.86. The van der Waals surface area contributed by atoms with Gasteiger partial charge >= 0.3 is 5.97 Å². The second kappa shape index (κ2) is 7.70. The van der Waals surface area contributed by atoms with Gasteiger partial charge in [-0.1, -0.05) is 19.1 Å². The van der Waals surface area contributed by atoms with Gasteiger partial charge in [-0.15, -0.1) is 0 Å². The summed E-state index contributed by atoms with van der Waals surface area (Å²) in [6.07, 6.45) is 2.92. The maximum absolute atomic E-state index is 11.2. The Balaban J connectivity index is 2.21. The number of likely N-dealkylation sites (N-methyl/N-ethyl adjacent to an activating group) is 1. The van der Waals surface area contributed by atoms with Crippen LogP contribution in [0.3, 0.4) is 0 Å². The van der Waals surface area contributed by atoms with Crippen LogP contribution in [-0.2, 0) is 4.79 Å². The molecule has 0 saturated heterocycles. The zero-order valence-electron chi connectivity index (χ0n) is 12.9. The van der Waals surface area contributed by atoms with Gasteiger partial charge < -0.3 is 25.2 Å². The summed E-state index contributed by atoms with van der Waals surface area (Å²) in [5.74, 6) is 0.497. The summed E-state index contributed by atoms with van der Waals surface area (Å²) in [4.78, 5) is 11.2. The first kappa shape index (κ1) is 16.2. The molecular weight excluding hydrogens is 284 g/mol. The van der Waals surface area contributed by atoms with Crippen molar-refractivity contribution in [3.05, 3.63) is 35.5 Å². The molecule has 1 atom stereocenters. The number of carbonyl (C=O) groups is 1. The number of fused-ring (bicyclic) bond motifs is 1. The molecule has 0 spiro atoms. The largest absolute Gasteiger partial charge is 0.481 e. The van der Waals surface area contributed by atoms with Crippen LogP contribution < -0.4 is 20.1 Å². The van der Waals surface area contributed by atoms with Crippen molar-refractivity contribution in [3.8, 4) is 11.5 Å². The van der Waals surface area contributed by atoms with Gasteiger partial charge in [0.05, 0.1) is 12.5 Å². The first-order chi connectivity index (χ1) is 10.6. The Morgan fingerprint density at radius 2 is 2.18 bits per heavy atom. The Hall–Kier alpha value is -2.21. The number of benzene rings is 1. The summed E-state index contributed by atoms with van der Waals surface area (Å²) < 4.78 is 10.7. The summed E-state index contributed by atoms with van der Waals surface area (Å²) in [6.45, 7) is 2.91. The molecule has 3 N–H and O–H groups in total. The molecule has 0 radical (unpaired) electrons. The molecule has 22 heavy (non-hydrogen) atoms. The van der Waals surface area contributed by atoms with Gasteiger partial charge in [0.2, 0.25) is 6.79 Å². The third-order valence-electron chi connectivity index (χ3n) is 3.36. The van der Waals surface area contributed by atoms with Crippen LogP contribution in [-0.4, -0.2) is 31.5 Å². The fourth-order valence-corrected chi connectivity index (χ4v) is 2.40. The van der Waals surface area contributed by atoms with Gasteiger partial charge in [0.15, 0.2) is 11.5 Å². The van der Waals surface area contributed by atoms with Crippen LogP contribution in [0.2, 0.25) is 0 Å². The molecule has 6 nitrogen and oxygen atoms in total. The van der Waals surface area contributed by atoms with Crippen molar-refractivity contribution in [2.75, 3.05) is 20.4 Å². The molecule has 0 saturated carbocycles. The Labute approximate surface area is 130 Å². The number of hydrogen-bond acceptors (Lipinski definition) is 5. The maximum Gasteiger partial charge on any atom is 0.305 e. The van der Waals surface area contributed by atoms with Gasteiger partial charge in [0, 0.05) is 12.2 Å². The van der Waals surface area contributed by atoms with Crippen molar-refractivity contribution < 1.29 is 19.4 Å². The summed E-state index contributed by atoms with van der Waals surface area (Å²) in [5, 5.41) is 15.6. The van der Waals surface area contributed by atoms with Crippen molar-refractivity contribution in [1.29, 1.82) is 0 Å². The Morgan fingerprint density at radius 1 is 1.41 bits per heavy atom. The number of allylic oxidation sites excluding steroid dienone is 1. The second-order valence-corrected chi connectivity index (χ2v) is 5.08. The molecule has 1 aromatic rings. The Kier molecular flexibility index (Phi) is 5.66. The average molecular weight is 306 g/mol. The summed E-state index contributed by atoms with van der Waals surface area (Å²) >= 11 is 0. The van der Waals surface area contributed by atoms with Gasteiger partial charge in [-0.05, 0) is 31.2 Å². The van der Waals surface area contributed by atoms with Crippen LogP contribution in [0, 0.1) is 0 Å². The van der Waals surface area contributed by atoms with Crippen molar-refractivity contribution in [3.63, 3.8) is 0 Å². The van der Waals surface area contributed by atoms with Crippen LogP contribution in [0.1, 0.15) is 31.4 Å². The van der Waals surface area contributed by atoms with Gasteiger partial charge in [-0.25, -0.2) is 0 Å². The van der Waals surface area contributed by atoms with Crippen molar-refractivity contribution in [2.45, 2.75) is 25.8 Å². The Bertz CT molecular complexity index is 557. The quantitative estimate of drug-likeness (QED) is 0.682.